The van der Waals surface area contributed by atoms with Gasteiger partial charge in [0.25, 0.3) is 0 Å². The van der Waals surface area contributed by atoms with Gasteiger partial charge in [0.15, 0.2) is 0 Å². The quantitative estimate of drug-likeness (QED) is 0.198. The lowest BCUT2D eigenvalue weighted by molar-refractivity contribution is 0.0671. The highest BCUT2D eigenvalue weighted by molar-refractivity contribution is 4.88. The number of unbranched alkanes of at least 4 members (excludes halogenated alkanes) is 3. The molecule has 0 heterocycles. The maximum absolute atomic E-state index is 2.51. The van der Waals surface area contributed by atoms with E-state index in [0.717, 1.165) is 17.8 Å². The SMILES string of the molecule is CCCCCC(CCCC)C(CC)(CC)CC(CCC(C)CCC)CC(C)(C)C. The molecule has 0 aliphatic heterocycles. The van der Waals surface area contributed by atoms with Gasteiger partial charge in [-0.2, -0.15) is 0 Å². The molecule has 29 heavy (non-hydrogen) atoms. The van der Waals surface area contributed by atoms with Crippen LogP contribution in [0.5, 0.6) is 0 Å². The molecule has 0 amide bonds. The van der Waals surface area contributed by atoms with Gasteiger partial charge < -0.3 is 0 Å². The van der Waals surface area contributed by atoms with Crippen LogP contribution in [-0.4, -0.2) is 0 Å². The summed E-state index contributed by atoms with van der Waals surface area (Å²) >= 11 is 0. The highest BCUT2D eigenvalue weighted by Gasteiger charge is 2.37. The fourth-order valence-electron chi connectivity index (χ4n) is 6.01. The van der Waals surface area contributed by atoms with Gasteiger partial charge in [-0.25, -0.2) is 0 Å². The summed E-state index contributed by atoms with van der Waals surface area (Å²) in [5.74, 6) is 2.75. The Kier molecular flexibility index (Phi) is 15.8. The van der Waals surface area contributed by atoms with Gasteiger partial charge in [0, 0.05) is 0 Å². The molecule has 0 N–H and O–H groups in total. The van der Waals surface area contributed by atoms with E-state index in [-0.39, 0.29) is 0 Å². The lowest BCUT2D eigenvalue weighted by atomic mass is 9.61. The topological polar surface area (TPSA) is 0 Å². The van der Waals surface area contributed by atoms with Gasteiger partial charge in [-0.1, -0.05) is 133 Å². The first-order valence-electron chi connectivity index (χ1n) is 13.7. The molecule has 0 nitrogen and oxygen atoms in total. The van der Waals surface area contributed by atoms with Crippen molar-refractivity contribution in [2.24, 2.45) is 28.6 Å². The third kappa shape index (κ3) is 12.4. The Morgan fingerprint density at radius 1 is 0.586 bits per heavy atom. The molecule has 3 unspecified atom stereocenters. The maximum atomic E-state index is 2.51. The molecular formula is C29H60. The van der Waals surface area contributed by atoms with Crippen molar-refractivity contribution in [3.63, 3.8) is 0 Å². The van der Waals surface area contributed by atoms with Crippen LogP contribution in [0.1, 0.15) is 159 Å². The van der Waals surface area contributed by atoms with Gasteiger partial charge in [0.05, 0.1) is 0 Å². The van der Waals surface area contributed by atoms with Crippen molar-refractivity contribution in [3.8, 4) is 0 Å². The van der Waals surface area contributed by atoms with Crippen molar-refractivity contribution >= 4 is 0 Å². The molecule has 3 atom stereocenters. The van der Waals surface area contributed by atoms with Gasteiger partial charge in [-0.05, 0) is 54.3 Å². The zero-order chi connectivity index (χ0) is 22.3. The summed E-state index contributed by atoms with van der Waals surface area (Å²) in [6.07, 6.45) is 21.3. The Morgan fingerprint density at radius 2 is 1.17 bits per heavy atom. The van der Waals surface area contributed by atoms with Gasteiger partial charge in [-0.15, -0.1) is 0 Å². The average Bonchev–Trinajstić information content (AvgIpc) is 2.66. The molecule has 0 saturated heterocycles. The maximum Gasteiger partial charge on any atom is -0.0272 e. The molecule has 0 heteroatoms. The highest BCUT2D eigenvalue weighted by Crippen LogP contribution is 2.48. The number of rotatable bonds is 18. The van der Waals surface area contributed by atoms with E-state index in [2.05, 4.69) is 62.3 Å². The van der Waals surface area contributed by atoms with Crippen molar-refractivity contribution in [2.45, 2.75) is 159 Å². The van der Waals surface area contributed by atoms with Gasteiger partial charge >= 0.3 is 0 Å². The summed E-state index contributed by atoms with van der Waals surface area (Å²) in [4.78, 5) is 0. The highest BCUT2D eigenvalue weighted by atomic mass is 14.4. The second-order valence-corrected chi connectivity index (χ2v) is 11.7. The fourth-order valence-corrected chi connectivity index (χ4v) is 6.01. The first-order valence-corrected chi connectivity index (χ1v) is 13.7. The Labute approximate surface area is 187 Å². The number of hydrogen-bond donors (Lipinski definition) is 0. The van der Waals surface area contributed by atoms with Crippen molar-refractivity contribution in [2.75, 3.05) is 0 Å². The first kappa shape index (κ1) is 29.0. The molecule has 0 bridgehead atoms. The molecule has 0 aliphatic rings. The van der Waals surface area contributed by atoms with Crippen molar-refractivity contribution in [3.05, 3.63) is 0 Å². The molecule has 0 radical (unpaired) electrons. The fraction of sp³-hybridized carbons (Fsp3) is 1.00. The van der Waals surface area contributed by atoms with E-state index in [1.165, 1.54) is 96.3 Å². The first-order chi connectivity index (χ1) is 13.7. The molecule has 0 fully saturated rings. The molecule has 0 aromatic carbocycles. The Morgan fingerprint density at radius 3 is 1.66 bits per heavy atom. The summed E-state index contributed by atoms with van der Waals surface area (Å²) in [5.41, 5.74) is 1.03. The molecule has 0 rings (SSSR count). The van der Waals surface area contributed by atoms with Gasteiger partial charge in [0.1, 0.15) is 0 Å². The van der Waals surface area contributed by atoms with E-state index >= 15 is 0 Å². The molecular weight excluding hydrogens is 348 g/mol. The van der Waals surface area contributed by atoms with Crippen LogP contribution in [0.3, 0.4) is 0 Å². The van der Waals surface area contributed by atoms with Crippen LogP contribution in [0.4, 0.5) is 0 Å². The lowest BCUT2D eigenvalue weighted by Crippen LogP contribution is -2.33. The third-order valence-electron chi connectivity index (χ3n) is 7.78. The van der Waals surface area contributed by atoms with Gasteiger partial charge in [-0.3, -0.25) is 0 Å². The summed E-state index contributed by atoms with van der Waals surface area (Å²) in [5, 5.41) is 0. The summed E-state index contributed by atoms with van der Waals surface area (Å²) in [7, 11) is 0. The van der Waals surface area contributed by atoms with Crippen LogP contribution in [0.15, 0.2) is 0 Å². The second-order valence-electron chi connectivity index (χ2n) is 11.7. The van der Waals surface area contributed by atoms with Crippen LogP contribution in [0.2, 0.25) is 0 Å². The van der Waals surface area contributed by atoms with Crippen LogP contribution in [0.25, 0.3) is 0 Å². The van der Waals surface area contributed by atoms with Crippen LogP contribution in [-0.2, 0) is 0 Å². The molecule has 0 saturated carbocycles. The zero-order valence-electron chi connectivity index (χ0n) is 22.3. The van der Waals surface area contributed by atoms with E-state index in [1.807, 2.05) is 0 Å². The predicted octanol–water partition coefficient (Wildman–Crippen LogP) is 10.8. The normalized spacial score (nSPS) is 16.0. The van der Waals surface area contributed by atoms with E-state index in [4.69, 9.17) is 0 Å². The predicted molar refractivity (Wildman–Crippen MR) is 136 cm³/mol. The van der Waals surface area contributed by atoms with E-state index in [9.17, 15) is 0 Å². The van der Waals surface area contributed by atoms with Gasteiger partial charge in [0.2, 0.25) is 0 Å². The molecule has 176 valence electrons. The van der Waals surface area contributed by atoms with E-state index in [1.54, 1.807) is 0 Å². The summed E-state index contributed by atoms with van der Waals surface area (Å²) in [6, 6.07) is 0. The zero-order valence-corrected chi connectivity index (χ0v) is 22.3. The van der Waals surface area contributed by atoms with Crippen molar-refractivity contribution in [1.82, 2.24) is 0 Å². The Hall–Kier alpha value is 0. The van der Waals surface area contributed by atoms with Crippen molar-refractivity contribution < 1.29 is 0 Å². The molecule has 0 spiro atoms. The largest absolute Gasteiger partial charge is 0.0654 e. The molecule has 0 aromatic heterocycles. The summed E-state index contributed by atoms with van der Waals surface area (Å²) < 4.78 is 0. The van der Waals surface area contributed by atoms with E-state index in [0.29, 0.717) is 10.8 Å². The monoisotopic (exact) mass is 408 g/mol. The smallest absolute Gasteiger partial charge is 0.0272 e. The van der Waals surface area contributed by atoms with Crippen LogP contribution >= 0.6 is 0 Å². The minimum atomic E-state index is 0.451. The Balaban J connectivity index is 5.44. The Bertz CT molecular complexity index is 357. The molecule has 0 aliphatic carbocycles. The van der Waals surface area contributed by atoms with Crippen molar-refractivity contribution in [1.29, 1.82) is 0 Å². The summed E-state index contributed by atoms with van der Waals surface area (Å²) in [6.45, 7) is 22.0. The minimum absolute atomic E-state index is 0.451. The third-order valence-corrected chi connectivity index (χ3v) is 7.78. The standard InChI is InChI=1S/C29H60/c1-10-15-17-20-27(19-16-11-2)29(13-4,14-5)24-26(23-28(7,8)9)22-21-25(6)18-12-3/h25-27H,10-24H2,1-9H3. The lowest BCUT2D eigenvalue weighted by Gasteiger charge is -2.44. The minimum Gasteiger partial charge on any atom is -0.0654 e. The average molecular weight is 409 g/mol. The molecule has 0 aromatic rings. The van der Waals surface area contributed by atoms with E-state index < -0.39 is 0 Å². The number of hydrogen-bond acceptors (Lipinski definition) is 0. The second kappa shape index (κ2) is 15.8. The van der Waals surface area contributed by atoms with Crippen LogP contribution in [0, 0.1) is 28.6 Å². The van der Waals surface area contributed by atoms with Crippen LogP contribution < -0.4 is 0 Å².